The number of carbonyl (C=O) groups is 2. The number of hydrogen-bond donors (Lipinski definition) is 2. The van der Waals surface area contributed by atoms with Crippen molar-refractivity contribution in [1.82, 2.24) is 10.7 Å². The lowest BCUT2D eigenvalue weighted by molar-refractivity contribution is -0.117. The summed E-state index contributed by atoms with van der Waals surface area (Å²) < 4.78 is 10.7. The molecule has 0 aromatic heterocycles. The van der Waals surface area contributed by atoms with E-state index in [0.717, 1.165) is 5.56 Å². The highest BCUT2D eigenvalue weighted by atomic mass is 35.5. The standard InChI is InChI=1S/C24H18ClN3O4/c25-19-9-6-16(7-10-19)14-26-28-24(30)20(27-23(29)18-4-2-1-3-5-18)12-17-8-11-21-22(13-17)32-15-31-21/h1-14H,15H2,(H,27,29)(H,28,30)/b20-12-,26-14-. The number of nitrogens with one attached hydrogen (secondary N) is 2. The first-order chi connectivity index (χ1) is 15.6. The summed E-state index contributed by atoms with van der Waals surface area (Å²) in [4.78, 5) is 25.4. The Balaban J connectivity index is 1.55. The summed E-state index contributed by atoms with van der Waals surface area (Å²) in [6.07, 6.45) is 3.02. The van der Waals surface area contributed by atoms with Crippen molar-refractivity contribution in [2.24, 2.45) is 5.10 Å². The van der Waals surface area contributed by atoms with Crippen molar-refractivity contribution in [2.45, 2.75) is 0 Å². The highest BCUT2D eigenvalue weighted by Gasteiger charge is 2.16. The highest BCUT2D eigenvalue weighted by molar-refractivity contribution is 6.30. The largest absolute Gasteiger partial charge is 0.454 e. The average molecular weight is 448 g/mol. The molecule has 0 fully saturated rings. The van der Waals surface area contributed by atoms with Gasteiger partial charge in [0.15, 0.2) is 11.5 Å². The highest BCUT2D eigenvalue weighted by Crippen LogP contribution is 2.33. The molecule has 1 aliphatic heterocycles. The third-order valence-corrected chi connectivity index (χ3v) is 4.74. The lowest BCUT2D eigenvalue weighted by Crippen LogP contribution is -2.32. The van der Waals surface area contributed by atoms with E-state index in [9.17, 15) is 9.59 Å². The van der Waals surface area contributed by atoms with Crippen LogP contribution >= 0.6 is 11.6 Å². The molecule has 2 N–H and O–H groups in total. The summed E-state index contributed by atoms with van der Waals surface area (Å²) in [6.45, 7) is 0.139. The Morgan fingerprint density at radius 2 is 1.62 bits per heavy atom. The van der Waals surface area contributed by atoms with Gasteiger partial charge in [-0.25, -0.2) is 5.43 Å². The average Bonchev–Trinajstić information content (AvgIpc) is 3.28. The zero-order chi connectivity index (χ0) is 22.3. The molecule has 32 heavy (non-hydrogen) atoms. The van der Waals surface area contributed by atoms with E-state index in [1.807, 2.05) is 0 Å². The minimum absolute atomic E-state index is 0.0194. The van der Waals surface area contributed by atoms with Crippen LogP contribution in [0, 0.1) is 0 Å². The first-order valence-corrected chi connectivity index (χ1v) is 10.0. The van der Waals surface area contributed by atoms with Gasteiger partial charge in [0.1, 0.15) is 5.70 Å². The van der Waals surface area contributed by atoms with E-state index in [0.29, 0.717) is 27.6 Å². The van der Waals surface area contributed by atoms with Gasteiger partial charge >= 0.3 is 0 Å². The SMILES string of the molecule is O=C(N/N=C\c1ccc(Cl)cc1)/C(=C/c1ccc2c(c1)OCO2)NC(=O)c1ccccc1. The van der Waals surface area contributed by atoms with Crippen LogP contribution in [0.2, 0.25) is 5.02 Å². The van der Waals surface area contributed by atoms with Gasteiger partial charge in [0.25, 0.3) is 11.8 Å². The molecule has 0 saturated heterocycles. The molecular weight excluding hydrogens is 430 g/mol. The molecule has 2 amide bonds. The van der Waals surface area contributed by atoms with E-state index in [1.165, 1.54) is 12.3 Å². The number of rotatable bonds is 6. The molecule has 4 rings (SSSR count). The Bertz CT molecular complexity index is 1190. The van der Waals surface area contributed by atoms with Crippen LogP contribution in [0.1, 0.15) is 21.5 Å². The molecule has 7 nitrogen and oxygen atoms in total. The summed E-state index contributed by atoms with van der Waals surface area (Å²) in [5.41, 5.74) is 4.27. The number of amides is 2. The van der Waals surface area contributed by atoms with Gasteiger partial charge in [0.05, 0.1) is 6.21 Å². The van der Waals surface area contributed by atoms with Gasteiger partial charge in [0.2, 0.25) is 6.79 Å². The monoisotopic (exact) mass is 447 g/mol. The van der Waals surface area contributed by atoms with Crippen LogP contribution < -0.4 is 20.2 Å². The van der Waals surface area contributed by atoms with Crippen LogP contribution in [-0.2, 0) is 4.79 Å². The van der Waals surface area contributed by atoms with Crippen molar-refractivity contribution in [2.75, 3.05) is 6.79 Å². The van der Waals surface area contributed by atoms with Gasteiger partial charge in [-0.05, 0) is 53.6 Å². The second-order valence-corrected chi connectivity index (χ2v) is 7.18. The predicted molar refractivity (Wildman–Crippen MR) is 122 cm³/mol. The molecule has 8 heteroatoms. The van der Waals surface area contributed by atoms with Crippen LogP contribution in [0.3, 0.4) is 0 Å². The van der Waals surface area contributed by atoms with E-state index in [4.69, 9.17) is 21.1 Å². The van der Waals surface area contributed by atoms with Crippen LogP contribution in [0.15, 0.2) is 83.6 Å². The van der Waals surface area contributed by atoms with Crippen molar-refractivity contribution in [1.29, 1.82) is 0 Å². The number of hydrazone groups is 1. The topological polar surface area (TPSA) is 89.0 Å². The number of ether oxygens (including phenoxy) is 2. The summed E-state index contributed by atoms with van der Waals surface area (Å²) in [7, 11) is 0. The predicted octanol–water partition coefficient (Wildman–Crippen LogP) is 3.99. The smallest absolute Gasteiger partial charge is 0.287 e. The lowest BCUT2D eigenvalue weighted by atomic mass is 10.1. The van der Waals surface area contributed by atoms with Crippen molar-refractivity contribution in [3.8, 4) is 11.5 Å². The minimum atomic E-state index is -0.586. The maximum absolute atomic E-state index is 12.8. The number of hydrogen-bond acceptors (Lipinski definition) is 5. The van der Waals surface area contributed by atoms with Gasteiger partial charge in [0, 0.05) is 10.6 Å². The summed E-state index contributed by atoms with van der Waals surface area (Å²) in [5.74, 6) is 0.175. The normalized spacial score (nSPS) is 12.6. The van der Waals surface area contributed by atoms with E-state index < -0.39 is 11.8 Å². The molecule has 3 aromatic rings. The molecular formula is C24H18ClN3O4. The lowest BCUT2D eigenvalue weighted by Gasteiger charge is -2.09. The minimum Gasteiger partial charge on any atom is -0.454 e. The Hall–Kier alpha value is -4.10. The molecule has 0 atom stereocenters. The van der Waals surface area contributed by atoms with Gasteiger partial charge in [-0.3, -0.25) is 9.59 Å². The van der Waals surface area contributed by atoms with Crippen molar-refractivity contribution in [3.63, 3.8) is 0 Å². The number of benzene rings is 3. The molecule has 0 unspecified atom stereocenters. The van der Waals surface area contributed by atoms with Gasteiger partial charge < -0.3 is 14.8 Å². The van der Waals surface area contributed by atoms with Crippen molar-refractivity contribution < 1.29 is 19.1 Å². The van der Waals surface area contributed by atoms with Crippen LogP contribution in [0.25, 0.3) is 6.08 Å². The summed E-state index contributed by atoms with van der Waals surface area (Å²) in [6, 6.07) is 20.8. The first kappa shape index (κ1) is 21.1. The zero-order valence-corrected chi connectivity index (χ0v) is 17.5. The van der Waals surface area contributed by atoms with Crippen molar-refractivity contribution in [3.05, 3.63) is 100 Å². The number of fused-ring (bicyclic) bond motifs is 1. The molecule has 1 aliphatic rings. The second-order valence-electron chi connectivity index (χ2n) is 6.74. The first-order valence-electron chi connectivity index (χ1n) is 9.65. The fourth-order valence-corrected chi connectivity index (χ4v) is 3.01. The molecule has 0 aliphatic carbocycles. The van der Waals surface area contributed by atoms with Gasteiger partial charge in [-0.15, -0.1) is 0 Å². The molecule has 0 saturated carbocycles. The number of carbonyl (C=O) groups excluding carboxylic acids is 2. The van der Waals surface area contributed by atoms with Crippen molar-refractivity contribution >= 4 is 35.7 Å². The van der Waals surface area contributed by atoms with Crippen LogP contribution in [0.5, 0.6) is 11.5 Å². The van der Waals surface area contributed by atoms with E-state index in [2.05, 4.69) is 15.8 Å². The number of nitrogens with zero attached hydrogens (tertiary/aromatic N) is 1. The van der Waals surface area contributed by atoms with Gasteiger partial charge in [-0.1, -0.05) is 48.0 Å². The van der Waals surface area contributed by atoms with Crippen LogP contribution in [0.4, 0.5) is 0 Å². The van der Waals surface area contributed by atoms with E-state index >= 15 is 0 Å². The Morgan fingerprint density at radius 3 is 2.41 bits per heavy atom. The Morgan fingerprint density at radius 1 is 0.906 bits per heavy atom. The van der Waals surface area contributed by atoms with Crippen LogP contribution in [-0.4, -0.2) is 24.8 Å². The molecule has 3 aromatic carbocycles. The maximum Gasteiger partial charge on any atom is 0.287 e. The third kappa shape index (κ3) is 5.33. The van der Waals surface area contributed by atoms with E-state index in [-0.39, 0.29) is 12.5 Å². The Labute approximate surface area is 189 Å². The molecule has 160 valence electrons. The number of halogens is 1. The quantitative estimate of drug-likeness (QED) is 0.339. The molecule has 0 radical (unpaired) electrons. The summed E-state index contributed by atoms with van der Waals surface area (Å²) in [5, 5.41) is 7.22. The van der Waals surface area contributed by atoms with Gasteiger partial charge in [-0.2, -0.15) is 5.10 Å². The fraction of sp³-hybridized carbons (Fsp3) is 0.0417. The molecule has 0 spiro atoms. The second kappa shape index (κ2) is 9.80. The maximum atomic E-state index is 12.8. The van der Waals surface area contributed by atoms with E-state index in [1.54, 1.807) is 72.8 Å². The molecule has 1 heterocycles. The summed E-state index contributed by atoms with van der Waals surface area (Å²) >= 11 is 5.87. The molecule has 0 bridgehead atoms. The fourth-order valence-electron chi connectivity index (χ4n) is 2.89. The third-order valence-electron chi connectivity index (χ3n) is 4.49. The zero-order valence-electron chi connectivity index (χ0n) is 16.7. The Kier molecular flexibility index (Phi) is 6.48.